The van der Waals surface area contributed by atoms with E-state index in [-0.39, 0.29) is 69.9 Å². The Kier molecular flexibility index (Phi) is 21.3. The summed E-state index contributed by atoms with van der Waals surface area (Å²) in [6.07, 6.45) is 7.46. The molecule has 2 atom stereocenters. The highest BCUT2D eigenvalue weighted by Gasteiger charge is 2.43. The van der Waals surface area contributed by atoms with Gasteiger partial charge in [0.1, 0.15) is 11.5 Å². The Hall–Kier alpha value is -6.82. The Bertz CT molecular complexity index is 3390. The number of piperidine rings is 2. The van der Waals surface area contributed by atoms with Crippen molar-refractivity contribution in [3.8, 4) is 32.4 Å². The number of rotatable bonds is 25. The van der Waals surface area contributed by atoms with Gasteiger partial charge < -0.3 is 39.8 Å². The number of thiophene rings is 2. The maximum Gasteiger partial charge on any atom is 0.352 e. The van der Waals surface area contributed by atoms with Crippen molar-refractivity contribution in [2.45, 2.75) is 140 Å². The predicted molar refractivity (Wildman–Crippen MR) is 341 cm³/mol. The molecule has 18 nitrogen and oxygen atoms in total. The molecule has 22 heteroatoms. The molecule has 10 rings (SSSR count). The Morgan fingerprint density at radius 1 is 0.511 bits per heavy atom. The van der Waals surface area contributed by atoms with Crippen LogP contribution < -0.4 is 20.1 Å². The summed E-state index contributed by atoms with van der Waals surface area (Å²) in [5.74, 6) is -5.17. The minimum atomic E-state index is -3.53. The monoisotopic (exact) mass is 1280 g/mol. The Balaban J connectivity index is 0.904. The second-order valence-corrected chi connectivity index (χ2v) is 29.6. The van der Waals surface area contributed by atoms with Gasteiger partial charge in [-0.2, -0.15) is 0 Å². The fourth-order valence-corrected chi connectivity index (χ4v) is 17.7. The van der Waals surface area contributed by atoms with Crippen LogP contribution in [0.5, 0.6) is 11.5 Å². The lowest BCUT2D eigenvalue weighted by Gasteiger charge is -2.32. The summed E-state index contributed by atoms with van der Waals surface area (Å²) in [6.45, 7) is 4.98. The molecule has 2 saturated heterocycles. The fourth-order valence-electron chi connectivity index (χ4n) is 12.3. The molecular formula is C66H78N4O14S4. The number of ether oxygens (including phenoxy) is 4. The van der Waals surface area contributed by atoms with Crippen molar-refractivity contribution in [2.75, 3.05) is 50.0 Å². The number of aliphatic carboxylic acids is 2. The molecule has 2 aromatic heterocycles. The fraction of sp³-hybridized carbons (Fsp3) is 0.455. The standard InChI is InChI=1S/C66H78N4O14S4/c1-43-55(61(65(75)81-39-45-17-7-3-8-18-45)85-59(43)49-25-15-27-53(37-49)67-51-29-33-69(34-30-51)87(77,78)41-47-21-11-5-12-22-47)83-57(63(71)72)58(64(73)74)84-56-44(2)60(86-62(56)66(76)82-40-46-19-9-4-10-20-46)50-26-16-28-54(38-50)68-52-31-35-70(36-32-52)88(79,80)42-48-23-13-6-14-24-48/h5-6,11-16,21-28,37-38,45-46,51-52,57-58,67-68H,3-4,7-10,17-20,29-36,39-42H2,1-2H3,(H,71,72)(H,73,74). The van der Waals surface area contributed by atoms with Crippen LogP contribution >= 0.6 is 22.7 Å². The van der Waals surface area contributed by atoms with Gasteiger partial charge in [-0.25, -0.2) is 44.6 Å². The van der Waals surface area contributed by atoms with E-state index in [1.165, 1.54) is 8.61 Å². The van der Waals surface area contributed by atoms with Crippen molar-refractivity contribution >= 4 is 78.0 Å². The normalized spacial score (nSPS) is 17.8. The molecule has 0 radical (unpaired) electrons. The Morgan fingerprint density at radius 3 is 1.23 bits per heavy atom. The summed E-state index contributed by atoms with van der Waals surface area (Å²) in [4.78, 5) is 57.0. The van der Waals surface area contributed by atoms with Crippen molar-refractivity contribution in [3.63, 3.8) is 0 Å². The van der Waals surface area contributed by atoms with Crippen LogP contribution in [0.15, 0.2) is 109 Å². The minimum absolute atomic E-state index is 0.0540. The average Bonchev–Trinajstić information content (AvgIpc) is 2.20. The SMILES string of the molecule is Cc1c(-c2cccc(NC3CCN(S(=O)(=O)Cc4ccccc4)CC3)c2)sc(C(=O)OCC2CCCCC2)c1OC(C(=O)O)C(Oc1c(C(=O)OCC2CCCCC2)sc(-c2cccc(NC3CCN(S(=O)(=O)Cc4ccccc4)CC3)c2)c1C)C(=O)O. The zero-order chi connectivity index (χ0) is 62.0. The number of nitrogens with one attached hydrogen (secondary N) is 2. The van der Waals surface area contributed by atoms with E-state index in [1.54, 1.807) is 38.1 Å². The van der Waals surface area contributed by atoms with Crippen LogP contribution in [0.1, 0.15) is 131 Å². The molecular weight excluding hydrogens is 1200 g/mol. The van der Waals surface area contributed by atoms with Gasteiger partial charge in [-0.05, 0) is 124 Å². The molecule has 2 unspecified atom stereocenters. The summed E-state index contributed by atoms with van der Waals surface area (Å²) >= 11 is 2.07. The molecule has 4 aliphatic rings. The maximum atomic E-state index is 14.4. The van der Waals surface area contributed by atoms with Gasteiger partial charge in [-0.1, -0.05) is 123 Å². The molecule has 4 fully saturated rings. The van der Waals surface area contributed by atoms with E-state index in [1.807, 2.05) is 84.9 Å². The number of benzene rings is 4. The van der Waals surface area contributed by atoms with Gasteiger partial charge in [-0.15, -0.1) is 22.7 Å². The van der Waals surface area contributed by atoms with Gasteiger partial charge in [0.25, 0.3) is 0 Å². The van der Waals surface area contributed by atoms with Crippen LogP contribution in [-0.2, 0) is 50.6 Å². The third-order valence-corrected chi connectivity index (χ3v) is 23.5. The van der Waals surface area contributed by atoms with Crippen LogP contribution in [-0.4, -0.2) is 123 Å². The molecule has 4 heterocycles. The first-order valence-corrected chi connectivity index (χ1v) is 35.4. The quantitative estimate of drug-likeness (QED) is 0.0389. The first-order valence-electron chi connectivity index (χ1n) is 30.6. The molecule has 88 heavy (non-hydrogen) atoms. The number of carbonyl (C=O) groups is 4. The van der Waals surface area contributed by atoms with Crippen LogP contribution in [0.25, 0.3) is 20.9 Å². The Labute approximate surface area is 523 Å². The molecule has 2 aliphatic heterocycles. The molecule has 0 bridgehead atoms. The van der Waals surface area contributed by atoms with E-state index in [9.17, 15) is 46.2 Å². The van der Waals surface area contributed by atoms with Gasteiger partial charge in [0.05, 0.1) is 24.7 Å². The molecule has 2 saturated carbocycles. The summed E-state index contributed by atoms with van der Waals surface area (Å²) in [5, 5.41) is 29.2. The first-order chi connectivity index (χ1) is 42.4. The van der Waals surface area contributed by atoms with Gasteiger partial charge in [-0.3, -0.25) is 0 Å². The Morgan fingerprint density at radius 2 is 0.875 bits per heavy atom. The molecule has 0 amide bonds. The number of carbonyl (C=O) groups excluding carboxylic acids is 2. The highest BCUT2D eigenvalue weighted by Crippen LogP contribution is 2.46. The number of anilines is 2. The van der Waals surface area contributed by atoms with Crippen molar-refractivity contribution in [1.82, 2.24) is 8.61 Å². The maximum absolute atomic E-state index is 14.4. The van der Waals surface area contributed by atoms with E-state index in [4.69, 9.17) is 18.9 Å². The number of carboxylic acid groups (broad SMARTS) is 2. The summed E-state index contributed by atoms with van der Waals surface area (Å²) in [7, 11) is -7.06. The van der Waals surface area contributed by atoms with Gasteiger partial charge in [0.2, 0.25) is 32.3 Å². The number of sulfonamides is 2. The average molecular weight is 1280 g/mol. The van der Waals surface area contributed by atoms with Crippen molar-refractivity contribution in [2.24, 2.45) is 11.8 Å². The van der Waals surface area contributed by atoms with Crippen molar-refractivity contribution in [1.29, 1.82) is 0 Å². The molecule has 2 aliphatic carbocycles. The second-order valence-electron chi connectivity index (χ2n) is 23.7. The van der Waals surface area contributed by atoms with E-state index < -0.39 is 56.1 Å². The molecule has 6 aromatic rings. The first kappa shape index (κ1) is 64.2. The zero-order valence-electron chi connectivity index (χ0n) is 49.7. The van der Waals surface area contributed by atoms with Gasteiger partial charge in [0.15, 0.2) is 9.75 Å². The molecule has 0 spiro atoms. The predicted octanol–water partition coefficient (Wildman–Crippen LogP) is 12.4. The number of esters is 2. The summed E-state index contributed by atoms with van der Waals surface area (Å²) < 4.78 is 81.1. The molecule has 4 aromatic carbocycles. The lowest BCUT2D eigenvalue weighted by molar-refractivity contribution is -0.161. The third-order valence-electron chi connectivity index (χ3n) is 17.2. The third kappa shape index (κ3) is 16.1. The highest BCUT2D eigenvalue weighted by atomic mass is 32.2. The van der Waals surface area contributed by atoms with Crippen LogP contribution in [0.3, 0.4) is 0 Å². The zero-order valence-corrected chi connectivity index (χ0v) is 53.0. The van der Waals surface area contributed by atoms with Gasteiger partial charge >= 0.3 is 23.9 Å². The second kappa shape index (κ2) is 29.2. The molecule has 4 N–H and O–H groups in total. The van der Waals surface area contributed by atoms with E-state index >= 15 is 0 Å². The number of carboxylic acids is 2. The number of hydrogen-bond donors (Lipinski definition) is 4. The minimum Gasteiger partial charge on any atom is -0.478 e. The van der Waals surface area contributed by atoms with E-state index in [0.29, 0.717) is 83.9 Å². The summed E-state index contributed by atoms with van der Waals surface area (Å²) in [6, 6.07) is 33.0. The number of nitrogens with zero attached hydrogens (tertiary/aromatic N) is 2. The van der Waals surface area contributed by atoms with Crippen molar-refractivity contribution < 1.29 is 65.2 Å². The van der Waals surface area contributed by atoms with Crippen molar-refractivity contribution in [3.05, 3.63) is 141 Å². The van der Waals surface area contributed by atoms with Crippen LogP contribution in [0.4, 0.5) is 11.4 Å². The van der Waals surface area contributed by atoms with Crippen LogP contribution in [0.2, 0.25) is 0 Å². The topological polar surface area (TPSA) is 244 Å². The summed E-state index contributed by atoms with van der Waals surface area (Å²) in [5.41, 5.74) is 4.92. The lowest BCUT2D eigenvalue weighted by Crippen LogP contribution is -2.48. The lowest BCUT2D eigenvalue weighted by atomic mass is 9.90. The smallest absolute Gasteiger partial charge is 0.352 e. The van der Waals surface area contributed by atoms with Crippen LogP contribution in [0, 0.1) is 25.7 Å². The largest absolute Gasteiger partial charge is 0.478 e. The van der Waals surface area contributed by atoms with Gasteiger partial charge in [0, 0.05) is 70.5 Å². The van der Waals surface area contributed by atoms with E-state index in [2.05, 4.69) is 10.6 Å². The number of hydrogen-bond acceptors (Lipinski definition) is 16. The highest BCUT2D eigenvalue weighted by molar-refractivity contribution is 7.88. The van der Waals surface area contributed by atoms with E-state index in [0.717, 1.165) is 109 Å². The molecule has 470 valence electrons.